The van der Waals surface area contributed by atoms with Gasteiger partial charge in [0, 0.05) is 39.5 Å². The molecule has 3 aliphatic rings. The highest BCUT2D eigenvalue weighted by Crippen LogP contribution is 2.47. The number of allylic oxidation sites excluding steroid dienone is 2. The van der Waals surface area contributed by atoms with Gasteiger partial charge in [-0.25, -0.2) is 4.90 Å². The molecule has 3 aliphatic heterocycles. The molecule has 3 aromatic rings. The third kappa shape index (κ3) is 4.31. The lowest BCUT2D eigenvalue weighted by Gasteiger charge is -2.33. The summed E-state index contributed by atoms with van der Waals surface area (Å²) >= 11 is 3.37. The Morgan fingerprint density at radius 1 is 0.902 bits per heavy atom. The van der Waals surface area contributed by atoms with Gasteiger partial charge in [0.1, 0.15) is 6.04 Å². The smallest absolute Gasteiger partial charge is 0.269 e. The van der Waals surface area contributed by atoms with Crippen LogP contribution in [0.15, 0.2) is 101 Å². The number of aryl methyl sites for hydroxylation is 1. The SMILES string of the molecule is Cc1cc([N+](=O)[O-])ccc1N1C(=O)[C@@H]2[C@H](C1=O)[C@H]1C=C(C(=O)c3ccccc3)C=CN1[C@@H]2C(=O)c1ccc(Br)cc1. The Morgan fingerprint density at radius 2 is 1.59 bits per heavy atom. The molecule has 41 heavy (non-hydrogen) atoms. The van der Waals surface area contributed by atoms with Crippen LogP contribution in [0.2, 0.25) is 0 Å². The van der Waals surface area contributed by atoms with Crippen molar-refractivity contribution in [2.24, 2.45) is 11.8 Å². The van der Waals surface area contributed by atoms with Gasteiger partial charge in [0.2, 0.25) is 11.8 Å². The van der Waals surface area contributed by atoms with Gasteiger partial charge in [0.05, 0.1) is 28.5 Å². The minimum atomic E-state index is -1.02. The quantitative estimate of drug-likeness (QED) is 0.166. The molecule has 0 unspecified atom stereocenters. The summed E-state index contributed by atoms with van der Waals surface area (Å²) in [4.78, 5) is 68.7. The number of non-ortho nitro benzene ring substituents is 1. The van der Waals surface area contributed by atoms with Gasteiger partial charge in [0.15, 0.2) is 11.6 Å². The number of Topliss-reactive ketones (excluding diaryl/α,β-unsaturated/α-hetero) is 2. The van der Waals surface area contributed by atoms with E-state index in [0.717, 1.165) is 9.37 Å². The average molecular weight is 612 g/mol. The van der Waals surface area contributed by atoms with E-state index in [1.54, 1.807) is 84.8 Å². The molecule has 0 N–H and O–H groups in total. The molecule has 0 aromatic heterocycles. The maximum Gasteiger partial charge on any atom is 0.269 e. The Kier molecular flexibility index (Phi) is 6.50. The van der Waals surface area contributed by atoms with E-state index in [4.69, 9.17) is 0 Å². The second-order valence-corrected chi connectivity index (χ2v) is 11.1. The molecule has 2 amide bonds. The molecule has 0 aliphatic carbocycles. The fourth-order valence-electron chi connectivity index (χ4n) is 5.98. The number of imide groups is 1. The fourth-order valence-corrected chi connectivity index (χ4v) is 6.24. The number of amides is 2. The molecule has 10 heteroatoms. The number of rotatable bonds is 6. The minimum absolute atomic E-state index is 0.163. The van der Waals surface area contributed by atoms with Crippen LogP contribution < -0.4 is 4.90 Å². The van der Waals surface area contributed by atoms with Crippen molar-refractivity contribution < 1.29 is 24.1 Å². The molecule has 2 fully saturated rings. The van der Waals surface area contributed by atoms with E-state index >= 15 is 0 Å². The van der Waals surface area contributed by atoms with Crippen LogP contribution in [0.5, 0.6) is 0 Å². The topological polar surface area (TPSA) is 118 Å². The van der Waals surface area contributed by atoms with Crippen LogP contribution in [0.1, 0.15) is 26.3 Å². The predicted molar refractivity (Wildman–Crippen MR) is 153 cm³/mol. The second-order valence-electron chi connectivity index (χ2n) is 10.2. The normalized spacial score (nSPS) is 22.8. The van der Waals surface area contributed by atoms with E-state index < -0.39 is 40.7 Å². The maximum absolute atomic E-state index is 14.0. The van der Waals surface area contributed by atoms with Crippen molar-refractivity contribution >= 4 is 50.7 Å². The maximum atomic E-state index is 14.0. The minimum Gasteiger partial charge on any atom is -0.359 e. The van der Waals surface area contributed by atoms with Gasteiger partial charge in [-0.05, 0) is 36.8 Å². The van der Waals surface area contributed by atoms with E-state index in [1.807, 2.05) is 0 Å². The monoisotopic (exact) mass is 611 g/mol. The summed E-state index contributed by atoms with van der Waals surface area (Å²) in [6.45, 7) is 1.59. The lowest BCUT2D eigenvalue weighted by Crippen LogP contribution is -2.46. The van der Waals surface area contributed by atoms with Crippen LogP contribution in [0, 0.1) is 28.9 Å². The number of hydrogen-bond acceptors (Lipinski definition) is 7. The first-order valence-corrected chi connectivity index (χ1v) is 13.7. The van der Waals surface area contributed by atoms with Gasteiger partial charge in [-0.3, -0.25) is 29.3 Å². The molecule has 2 saturated heterocycles. The van der Waals surface area contributed by atoms with Crippen molar-refractivity contribution in [3.63, 3.8) is 0 Å². The van der Waals surface area contributed by atoms with Crippen LogP contribution >= 0.6 is 15.9 Å². The van der Waals surface area contributed by atoms with E-state index in [9.17, 15) is 29.3 Å². The lowest BCUT2D eigenvalue weighted by atomic mass is 9.85. The van der Waals surface area contributed by atoms with Gasteiger partial charge in [-0.15, -0.1) is 0 Å². The summed E-state index contributed by atoms with van der Waals surface area (Å²) in [6.07, 6.45) is 4.91. The predicted octanol–water partition coefficient (Wildman–Crippen LogP) is 5.04. The zero-order chi connectivity index (χ0) is 29.0. The van der Waals surface area contributed by atoms with E-state index in [-0.39, 0.29) is 22.9 Å². The van der Waals surface area contributed by atoms with Crippen molar-refractivity contribution in [1.82, 2.24) is 4.90 Å². The summed E-state index contributed by atoms with van der Waals surface area (Å²) in [5.41, 5.74) is 1.67. The number of nitro benzene ring substituents is 1. The summed E-state index contributed by atoms with van der Waals surface area (Å²) in [6, 6.07) is 17.7. The number of benzene rings is 3. The number of nitro groups is 1. The second kappa shape index (κ2) is 10.0. The highest BCUT2D eigenvalue weighted by Gasteiger charge is 2.63. The van der Waals surface area contributed by atoms with E-state index in [0.29, 0.717) is 22.3 Å². The van der Waals surface area contributed by atoms with Crippen molar-refractivity contribution in [2.75, 3.05) is 4.90 Å². The van der Waals surface area contributed by atoms with Crippen LogP contribution in [0.25, 0.3) is 0 Å². The number of carbonyl (C=O) groups excluding carboxylic acids is 4. The third-order valence-corrected chi connectivity index (χ3v) is 8.40. The molecule has 6 rings (SSSR count). The number of ketones is 2. The molecule has 204 valence electrons. The molecule has 0 radical (unpaired) electrons. The zero-order valence-electron chi connectivity index (χ0n) is 21.6. The molecule has 4 atom stereocenters. The summed E-state index contributed by atoms with van der Waals surface area (Å²) < 4.78 is 0.785. The van der Waals surface area contributed by atoms with Crippen molar-refractivity contribution in [3.05, 3.63) is 128 Å². The standard InChI is InChI=1S/C31H22BrN3O6/c1-17-15-22(35(40)41)11-12-23(17)34-30(38)25-24-16-20(28(36)18-5-3-2-4-6-18)13-14-33(24)27(26(25)31(34)39)29(37)19-7-9-21(32)10-8-19/h2-16,24-27H,1H3/t24-,25-,26-,27+/m1/s1. The van der Waals surface area contributed by atoms with Crippen LogP contribution in [-0.2, 0) is 9.59 Å². The highest BCUT2D eigenvalue weighted by atomic mass is 79.9. The van der Waals surface area contributed by atoms with E-state index in [2.05, 4.69) is 15.9 Å². The number of halogens is 1. The molecule has 0 spiro atoms. The Labute approximate surface area is 243 Å². The lowest BCUT2D eigenvalue weighted by molar-refractivity contribution is -0.384. The number of hydrogen-bond donors (Lipinski definition) is 0. The number of carbonyl (C=O) groups is 4. The Morgan fingerprint density at radius 3 is 2.24 bits per heavy atom. The number of fused-ring (bicyclic) bond motifs is 3. The van der Waals surface area contributed by atoms with Crippen molar-refractivity contribution in [2.45, 2.75) is 19.0 Å². The first-order chi connectivity index (χ1) is 19.7. The Bertz CT molecular complexity index is 1700. The third-order valence-electron chi connectivity index (χ3n) is 7.88. The van der Waals surface area contributed by atoms with Crippen molar-refractivity contribution in [1.29, 1.82) is 0 Å². The Balaban J connectivity index is 1.44. The average Bonchev–Trinajstić information content (AvgIpc) is 3.44. The highest BCUT2D eigenvalue weighted by molar-refractivity contribution is 9.10. The first kappa shape index (κ1) is 26.5. The molecule has 0 saturated carbocycles. The molecule has 3 aromatic carbocycles. The van der Waals surface area contributed by atoms with Gasteiger partial charge >= 0.3 is 0 Å². The van der Waals surface area contributed by atoms with Crippen LogP contribution in [0.4, 0.5) is 11.4 Å². The van der Waals surface area contributed by atoms with Gasteiger partial charge in [-0.2, -0.15) is 0 Å². The molecular weight excluding hydrogens is 590 g/mol. The van der Waals surface area contributed by atoms with Gasteiger partial charge in [0.25, 0.3) is 5.69 Å². The summed E-state index contributed by atoms with van der Waals surface area (Å²) in [5.74, 6) is -3.60. The largest absolute Gasteiger partial charge is 0.359 e. The van der Waals surface area contributed by atoms with Gasteiger partial charge in [-0.1, -0.05) is 64.5 Å². The van der Waals surface area contributed by atoms with Crippen molar-refractivity contribution in [3.8, 4) is 0 Å². The van der Waals surface area contributed by atoms with Crippen LogP contribution in [-0.4, -0.2) is 45.3 Å². The summed E-state index contributed by atoms with van der Waals surface area (Å²) in [5, 5.41) is 11.3. The van der Waals surface area contributed by atoms with Gasteiger partial charge < -0.3 is 4.90 Å². The number of anilines is 1. The summed E-state index contributed by atoms with van der Waals surface area (Å²) in [7, 11) is 0. The Hall–Kier alpha value is -4.70. The van der Waals surface area contributed by atoms with Crippen LogP contribution in [0.3, 0.4) is 0 Å². The zero-order valence-corrected chi connectivity index (χ0v) is 23.2. The fraction of sp³-hybridized carbons (Fsp3) is 0.161. The molecule has 9 nitrogen and oxygen atoms in total. The van der Waals surface area contributed by atoms with E-state index in [1.165, 1.54) is 18.2 Å². The molecule has 3 heterocycles. The molecule has 0 bridgehead atoms. The first-order valence-electron chi connectivity index (χ1n) is 12.9. The number of nitrogens with zero attached hydrogens (tertiary/aromatic N) is 3. The molecular formula is C31H22BrN3O6.